The number of quaternary nitrogens is 1. The second-order valence-electron chi connectivity index (χ2n) is 6.07. The maximum absolute atomic E-state index is 10.5. The second-order valence-corrected chi connectivity index (χ2v) is 6.07. The molecular weight excluding hydrogens is 286 g/mol. The molecule has 0 saturated carbocycles. The van der Waals surface area contributed by atoms with Gasteiger partial charge in [0.1, 0.15) is 0 Å². The lowest BCUT2D eigenvalue weighted by molar-refractivity contribution is 0.271. The minimum atomic E-state index is 0.391. The molecule has 2 aromatic rings. The van der Waals surface area contributed by atoms with Crippen LogP contribution < -0.4 is 4.48 Å². The van der Waals surface area contributed by atoms with E-state index in [0.717, 1.165) is 59.6 Å². The van der Waals surface area contributed by atoms with Crippen LogP contribution in [0.3, 0.4) is 0 Å². The highest BCUT2D eigenvalue weighted by molar-refractivity contribution is 5.70. The molecule has 1 heterocycles. The summed E-state index contributed by atoms with van der Waals surface area (Å²) >= 11 is 0. The summed E-state index contributed by atoms with van der Waals surface area (Å²) in [6.45, 7) is 7.42. The molecule has 0 saturated heterocycles. The van der Waals surface area contributed by atoms with Gasteiger partial charge in [-0.1, -0.05) is 18.2 Å². The Bertz CT molecular complexity index is 706. The highest BCUT2D eigenvalue weighted by Gasteiger charge is 2.37. The van der Waals surface area contributed by atoms with Crippen molar-refractivity contribution in [1.82, 2.24) is 4.48 Å². The largest absolute Gasteiger partial charge is 0.503 e. The third-order valence-corrected chi connectivity index (χ3v) is 4.96. The van der Waals surface area contributed by atoms with E-state index < -0.39 is 0 Å². The number of aromatic hydroxyl groups is 1. The summed E-state index contributed by atoms with van der Waals surface area (Å²) < 4.78 is 0.829. The van der Waals surface area contributed by atoms with E-state index >= 15 is 0 Å². The van der Waals surface area contributed by atoms with Crippen LogP contribution in [0.5, 0.6) is 5.75 Å². The lowest BCUT2D eigenvalue weighted by atomic mass is 9.96. The fraction of sp³-hybridized carbons (Fsp3) is 0.368. The van der Waals surface area contributed by atoms with Gasteiger partial charge in [0.2, 0.25) is 0 Å². The number of phenols is 1. The first-order valence-corrected chi connectivity index (χ1v) is 8.38. The Balaban J connectivity index is 2.06. The van der Waals surface area contributed by atoms with Gasteiger partial charge in [-0.05, 0) is 44.5 Å². The van der Waals surface area contributed by atoms with Crippen molar-refractivity contribution in [2.45, 2.75) is 26.7 Å². The second kappa shape index (κ2) is 6.50. The van der Waals surface area contributed by atoms with Crippen LogP contribution >= 0.6 is 0 Å². The van der Waals surface area contributed by atoms with Crippen LogP contribution in [0.25, 0.3) is 0 Å². The van der Waals surface area contributed by atoms with Gasteiger partial charge in [-0.3, -0.25) is 4.48 Å². The van der Waals surface area contributed by atoms with Gasteiger partial charge in [-0.25, -0.2) is 0 Å². The number of hydrogen-bond donors (Lipinski definition) is 1. The maximum atomic E-state index is 10.5. The molecule has 23 heavy (non-hydrogen) atoms. The Morgan fingerprint density at radius 1 is 1.00 bits per heavy atom. The standard InChI is InChI=1S/C19H23N3O/c1-3-22(4-2)14-8-11-16-17(12-13-18(23)19(16)22)21-20-15-9-6-5-7-10-15/h5-7,9-10,12-13H,3-4,8,11,14H2,1-2H3/p+1. The molecule has 0 radical (unpaired) electrons. The van der Waals surface area contributed by atoms with Crippen LogP contribution in [0.1, 0.15) is 25.8 Å². The van der Waals surface area contributed by atoms with Crippen molar-refractivity contribution in [2.24, 2.45) is 10.2 Å². The SMILES string of the molecule is CC[N+]1(CC)CCCc2c(N=Nc3ccccc3)ccc(O)c21. The number of rotatable bonds is 4. The van der Waals surface area contributed by atoms with E-state index in [0.29, 0.717) is 5.75 Å². The summed E-state index contributed by atoms with van der Waals surface area (Å²) in [5.74, 6) is 0.391. The van der Waals surface area contributed by atoms with E-state index in [-0.39, 0.29) is 0 Å². The monoisotopic (exact) mass is 310 g/mol. The summed E-state index contributed by atoms with van der Waals surface area (Å²) in [6.07, 6.45) is 2.07. The number of benzene rings is 2. The Hall–Kier alpha value is -2.20. The van der Waals surface area contributed by atoms with Crippen LogP contribution in [-0.4, -0.2) is 24.7 Å². The van der Waals surface area contributed by atoms with Gasteiger partial charge in [0.25, 0.3) is 0 Å². The first-order valence-electron chi connectivity index (χ1n) is 8.38. The average molecular weight is 310 g/mol. The van der Waals surface area contributed by atoms with Crippen LogP contribution in [0.2, 0.25) is 0 Å². The molecule has 3 rings (SSSR count). The Labute approximate surface area is 137 Å². The molecular formula is C19H24N3O+. The summed E-state index contributed by atoms with van der Waals surface area (Å²) in [4.78, 5) is 0. The van der Waals surface area contributed by atoms with Crippen LogP contribution in [0, 0.1) is 0 Å². The Morgan fingerprint density at radius 3 is 2.43 bits per heavy atom. The van der Waals surface area contributed by atoms with E-state index in [4.69, 9.17) is 0 Å². The fourth-order valence-electron chi connectivity index (χ4n) is 3.62. The predicted octanol–water partition coefficient (Wildman–Crippen LogP) is 5.10. The van der Waals surface area contributed by atoms with Gasteiger partial charge in [-0.2, -0.15) is 10.2 Å². The average Bonchev–Trinajstić information content (AvgIpc) is 2.61. The summed E-state index contributed by atoms with van der Waals surface area (Å²) in [6, 6.07) is 13.4. The fourth-order valence-corrected chi connectivity index (χ4v) is 3.62. The van der Waals surface area contributed by atoms with E-state index in [9.17, 15) is 5.11 Å². The van der Waals surface area contributed by atoms with Crippen molar-refractivity contribution in [2.75, 3.05) is 19.6 Å². The third kappa shape index (κ3) is 2.86. The molecule has 1 N–H and O–H groups in total. The van der Waals surface area contributed by atoms with Crippen LogP contribution in [0.15, 0.2) is 52.7 Å². The van der Waals surface area contributed by atoms with Crippen molar-refractivity contribution in [3.63, 3.8) is 0 Å². The normalized spacial score (nSPS) is 16.4. The molecule has 2 aromatic carbocycles. The maximum Gasteiger partial charge on any atom is 0.180 e. The highest BCUT2D eigenvalue weighted by atomic mass is 16.3. The highest BCUT2D eigenvalue weighted by Crippen LogP contribution is 2.45. The molecule has 0 spiro atoms. The number of nitrogens with zero attached hydrogens (tertiary/aromatic N) is 3. The zero-order valence-electron chi connectivity index (χ0n) is 13.9. The first-order chi connectivity index (χ1) is 11.2. The molecule has 120 valence electrons. The van der Waals surface area contributed by atoms with Crippen molar-refractivity contribution in [3.8, 4) is 5.75 Å². The molecule has 1 aliphatic rings. The molecule has 4 heteroatoms. The van der Waals surface area contributed by atoms with Crippen molar-refractivity contribution in [1.29, 1.82) is 0 Å². The van der Waals surface area contributed by atoms with Gasteiger partial charge in [0, 0.05) is 12.0 Å². The molecule has 0 fully saturated rings. The quantitative estimate of drug-likeness (QED) is 0.619. The number of fused-ring (bicyclic) bond motifs is 1. The van der Waals surface area contributed by atoms with Crippen molar-refractivity contribution >= 4 is 17.1 Å². The topological polar surface area (TPSA) is 45.0 Å². The lowest BCUT2D eigenvalue weighted by Crippen LogP contribution is -2.52. The summed E-state index contributed by atoms with van der Waals surface area (Å²) in [5.41, 5.74) is 3.92. The smallest absolute Gasteiger partial charge is 0.180 e. The van der Waals surface area contributed by atoms with Crippen molar-refractivity contribution in [3.05, 3.63) is 48.0 Å². The van der Waals surface area contributed by atoms with Gasteiger partial charge in [-0.15, -0.1) is 0 Å². The van der Waals surface area contributed by atoms with E-state index in [2.05, 4.69) is 24.1 Å². The van der Waals surface area contributed by atoms with Gasteiger partial charge in [0.05, 0.1) is 31.0 Å². The van der Waals surface area contributed by atoms with Crippen LogP contribution in [-0.2, 0) is 6.42 Å². The van der Waals surface area contributed by atoms with Crippen molar-refractivity contribution < 1.29 is 5.11 Å². The van der Waals surface area contributed by atoms with E-state index in [1.165, 1.54) is 0 Å². The van der Waals surface area contributed by atoms with Gasteiger partial charge < -0.3 is 5.11 Å². The number of hydrogen-bond acceptors (Lipinski definition) is 3. The van der Waals surface area contributed by atoms with Crippen LogP contribution in [0.4, 0.5) is 17.1 Å². The number of azo groups is 1. The van der Waals surface area contributed by atoms with Gasteiger partial charge >= 0.3 is 0 Å². The molecule has 0 aromatic heterocycles. The minimum Gasteiger partial charge on any atom is -0.503 e. The molecule has 0 unspecified atom stereocenters. The third-order valence-electron chi connectivity index (χ3n) is 4.96. The molecule has 1 aliphatic heterocycles. The van der Waals surface area contributed by atoms with Gasteiger partial charge in [0.15, 0.2) is 11.4 Å². The summed E-state index contributed by atoms with van der Waals surface area (Å²) in [7, 11) is 0. The molecule has 0 bridgehead atoms. The lowest BCUT2D eigenvalue weighted by Gasteiger charge is -2.41. The van der Waals surface area contributed by atoms with E-state index in [1.54, 1.807) is 6.07 Å². The molecule has 4 nitrogen and oxygen atoms in total. The zero-order chi connectivity index (χ0) is 16.3. The summed E-state index contributed by atoms with van der Waals surface area (Å²) in [5, 5.41) is 19.3. The Kier molecular flexibility index (Phi) is 4.44. The predicted molar refractivity (Wildman–Crippen MR) is 94.8 cm³/mol. The first kappa shape index (κ1) is 15.7. The Morgan fingerprint density at radius 2 is 1.74 bits per heavy atom. The van der Waals surface area contributed by atoms with E-state index in [1.807, 2.05) is 36.4 Å². The number of phenolic OH excluding ortho intramolecular Hbond substituents is 1. The zero-order valence-corrected chi connectivity index (χ0v) is 13.9. The minimum absolute atomic E-state index is 0.391. The molecule has 0 atom stereocenters. The molecule has 0 aliphatic carbocycles. The molecule has 0 amide bonds.